The first kappa shape index (κ1) is 13.8. The molecule has 2 aromatic rings. The Kier molecular flexibility index (Phi) is 4.07. The van der Waals surface area contributed by atoms with Gasteiger partial charge in [-0.25, -0.2) is 9.78 Å². The van der Waals surface area contributed by atoms with Crippen molar-refractivity contribution in [3.8, 4) is 5.75 Å². The lowest BCUT2D eigenvalue weighted by Gasteiger charge is -2.07. The molecule has 0 spiro atoms. The van der Waals surface area contributed by atoms with E-state index in [0.29, 0.717) is 21.5 Å². The molecule has 0 aliphatic rings. The second-order valence-electron chi connectivity index (χ2n) is 4.03. The number of rotatable bonds is 4. The average molecular weight is 298 g/mol. The fraction of sp³-hybridized carbons (Fsp3) is 0.231. The van der Waals surface area contributed by atoms with Gasteiger partial charge in [-0.05, 0) is 37.6 Å². The summed E-state index contributed by atoms with van der Waals surface area (Å²) in [5.74, 6) is -0.238. The monoisotopic (exact) mass is 297 g/mol. The molecule has 0 fully saturated rings. The lowest BCUT2D eigenvalue weighted by atomic mass is 10.2. The molecule has 1 aromatic heterocycles. The summed E-state index contributed by atoms with van der Waals surface area (Å²) in [4.78, 5) is 15.4. The number of aromatic nitrogens is 1. The van der Waals surface area contributed by atoms with Crippen LogP contribution in [-0.4, -0.2) is 16.1 Å². The zero-order valence-electron chi connectivity index (χ0n) is 10.4. The molecular weight excluding hydrogens is 286 g/mol. The Balaban J connectivity index is 2.10. The number of halogens is 1. The fourth-order valence-corrected chi connectivity index (χ4v) is 2.67. The second kappa shape index (κ2) is 5.59. The number of aromatic carboxylic acids is 1. The SMILES string of the molecule is Cc1cc(Cl)ccc1OCc1nc(C)c(C(=O)O)s1. The Bertz CT molecular complexity index is 624. The van der Waals surface area contributed by atoms with E-state index in [-0.39, 0.29) is 11.5 Å². The van der Waals surface area contributed by atoms with Crippen molar-refractivity contribution in [2.45, 2.75) is 20.5 Å². The fourth-order valence-electron chi connectivity index (χ4n) is 1.63. The maximum atomic E-state index is 10.9. The molecule has 19 heavy (non-hydrogen) atoms. The predicted octanol–water partition coefficient (Wildman–Crippen LogP) is 3.69. The van der Waals surface area contributed by atoms with E-state index >= 15 is 0 Å². The van der Waals surface area contributed by atoms with E-state index in [4.69, 9.17) is 21.4 Å². The van der Waals surface area contributed by atoms with Crippen molar-refractivity contribution >= 4 is 28.9 Å². The van der Waals surface area contributed by atoms with Gasteiger partial charge < -0.3 is 9.84 Å². The minimum atomic E-state index is -0.955. The van der Waals surface area contributed by atoms with Gasteiger partial charge in [0.15, 0.2) is 0 Å². The molecule has 0 radical (unpaired) electrons. The van der Waals surface area contributed by atoms with Gasteiger partial charge in [-0.3, -0.25) is 0 Å². The average Bonchev–Trinajstić information content (AvgIpc) is 2.69. The number of hydrogen-bond acceptors (Lipinski definition) is 4. The summed E-state index contributed by atoms with van der Waals surface area (Å²) < 4.78 is 5.62. The molecule has 0 unspecified atom stereocenters. The van der Waals surface area contributed by atoms with Gasteiger partial charge in [-0.2, -0.15) is 0 Å². The van der Waals surface area contributed by atoms with Crippen molar-refractivity contribution in [3.05, 3.63) is 44.4 Å². The Morgan fingerprint density at radius 2 is 2.21 bits per heavy atom. The number of aryl methyl sites for hydroxylation is 2. The van der Waals surface area contributed by atoms with Gasteiger partial charge in [0.05, 0.1) is 5.69 Å². The van der Waals surface area contributed by atoms with Crippen molar-refractivity contribution in [1.82, 2.24) is 4.98 Å². The Morgan fingerprint density at radius 1 is 1.47 bits per heavy atom. The summed E-state index contributed by atoms with van der Waals surface area (Å²) in [5.41, 5.74) is 1.45. The van der Waals surface area contributed by atoms with Crippen LogP contribution in [0.15, 0.2) is 18.2 Å². The standard InChI is InChI=1S/C13H12ClNO3S/c1-7-5-9(14)3-4-10(7)18-6-11-15-8(2)12(19-11)13(16)17/h3-5H,6H2,1-2H3,(H,16,17). The molecule has 0 amide bonds. The van der Waals surface area contributed by atoms with Crippen molar-refractivity contribution in [3.63, 3.8) is 0 Å². The van der Waals surface area contributed by atoms with Crippen LogP contribution in [0.5, 0.6) is 5.75 Å². The third-order valence-corrected chi connectivity index (χ3v) is 3.88. The van der Waals surface area contributed by atoms with E-state index in [1.807, 2.05) is 13.0 Å². The molecule has 0 saturated carbocycles. The molecule has 1 aromatic carbocycles. The summed E-state index contributed by atoms with van der Waals surface area (Å²) in [5, 5.41) is 10.3. The number of nitrogens with zero attached hydrogens (tertiary/aromatic N) is 1. The minimum Gasteiger partial charge on any atom is -0.486 e. The normalized spacial score (nSPS) is 10.5. The number of hydrogen-bond donors (Lipinski definition) is 1. The van der Waals surface area contributed by atoms with E-state index in [2.05, 4.69) is 4.98 Å². The molecule has 0 aliphatic heterocycles. The van der Waals surface area contributed by atoms with Crippen LogP contribution in [0.1, 0.15) is 25.9 Å². The first-order chi connectivity index (χ1) is 8.97. The van der Waals surface area contributed by atoms with Crippen LogP contribution >= 0.6 is 22.9 Å². The number of carboxylic acids is 1. The lowest BCUT2D eigenvalue weighted by Crippen LogP contribution is -1.96. The molecule has 0 saturated heterocycles. The minimum absolute atomic E-state index is 0.251. The highest BCUT2D eigenvalue weighted by molar-refractivity contribution is 7.13. The zero-order chi connectivity index (χ0) is 14.0. The summed E-state index contributed by atoms with van der Waals surface area (Å²) in [6, 6.07) is 5.35. The molecule has 0 aliphatic carbocycles. The molecule has 4 nitrogen and oxygen atoms in total. The Labute approximate surface area is 119 Å². The lowest BCUT2D eigenvalue weighted by molar-refractivity contribution is 0.0701. The van der Waals surface area contributed by atoms with Gasteiger partial charge in [0.1, 0.15) is 22.2 Å². The van der Waals surface area contributed by atoms with Crippen LogP contribution in [0.4, 0.5) is 0 Å². The van der Waals surface area contributed by atoms with Crippen LogP contribution in [0.2, 0.25) is 5.02 Å². The first-order valence-corrected chi connectivity index (χ1v) is 6.75. The predicted molar refractivity (Wildman–Crippen MR) is 74.3 cm³/mol. The van der Waals surface area contributed by atoms with E-state index in [0.717, 1.165) is 16.9 Å². The molecule has 100 valence electrons. The van der Waals surface area contributed by atoms with Gasteiger partial charge in [-0.1, -0.05) is 11.6 Å². The second-order valence-corrected chi connectivity index (χ2v) is 5.55. The summed E-state index contributed by atoms with van der Waals surface area (Å²) in [6.45, 7) is 3.83. The highest BCUT2D eigenvalue weighted by Gasteiger charge is 2.14. The van der Waals surface area contributed by atoms with E-state index < -0.39 is 5.97 Å². The maximum Gasteiger partial charge on any atom is 0.347 e. The van der Waals surface area contributed by atoms with Crippen molar-refractivity contribution in [2.75, 3.05) is 0 Å². The highest BCUT2D eigenvalue weighted by atomic mass is 35.5. The molecule has 2 rings (SSSR count). The van der Waals surface area contributed by atoms with Gasteiger partial charge >= 0.3 is 5.97 Å². The van der Waals surface area contributed by atoms with E-state index in [9.17, 15) is 4.79 Å². The number of thiazole rings is 1. The molecule has 0 atom stereocenters. The van der Waals surface area contributed by atoms with Gasteiger partial charge in [0.25, 0.3) is 0 Å². The van der Waals surface area contributed by atoms with Gasteiger partial charge in [0, 0.05) is 5.02 Å². The maximum absolute atomic E-state index is 10.9. The highest BCUT2D eigenvalue weighted by Crippen LogP contribution is 2.24. The number of carbonyl (C=O) groups is 1. The third kappa shape index (κ3) is 3.24. The summed E-state index contributed by atoms with van der Waals surface area (Å²) in [6.07, 6.45) is 0. The van der Waals surface area contributed by atoms with E-state index in [1.54, 1.807) is 19.1 Å². The number of benzene rings is 1. The molecule has 1 N–H and O–H groups in total. The number of ether oxygens (including phenoxy) is 1. The van der Waals surface area contributed by atoms with Gasteiger partial charge in [-0.15, -0.1) is 11.3 Å². The number of carboxylic acid groups (broad SMARTS) is 1. The van der Waals surface area contributed by atoms with Crippen LogP contribution in [0, 0.1) is 13.8 Å². The van der Waals surface area contributed by atoms with Crippen LogP contribution in [-0.2, 0) is 6.61 Å². The van der Waals surface area contributed by atoms with Crippen molar-refractivity contribution < 1.29 is 14.6 Å². The summed E-state index contributed by atoms with van der Waals surface area (Å²) >= 11 is 7.00. The Hall–Kier alpha value is -1.59. The van der Waals surface area contributed by atoms with E-state index in [1.165, 1.54) is 0 Å². The topological polar surface area (TPSA) is 59.4 Å². The quantitative estimate of drug-likeness (QED) is 0.935. The van der Waals surface area contributed by atoms with Crippen LogP contribution < -0.4 is 4.74 Å². The smallest absolute Gasteiger partial charge is 0.347 e. The van der Waals surface area contributed by atoms with Crippen LogP contribution in [0.3, 0.4) is 0 Å². The first-order valence-electron chi connectivity index (χ1n) is 5.56. The third-order valence-electron chi connectivity index (χ3n) is 2.52. The molecule has 1 heterocycles. The summed E-state index contributed by atoms with van der Waals surface area (Å²) in [7, 11) is 0. The molecular formula is C13H12ClNO3S. The van der Waals surface area contributed by atoms with Gasteiger partial charge in [0.2, 0.25) is 0 Å². The molecule has 6 heteroatoms. The molecule has 0 bridgehead atoms. The van der Waals surface area contributed by atoms with Crippen molar-refractivity contribution in [2.24, 2.45) is 0 Å². The largest absolute Gasteiger partial charge is 0.486 e. The van der Waals surface area contributed by atoms with Crippen molar-refractivity contribution in [1.29, 1.82) is 0 Å². The van der Waals surface area contributed by atoms with Crippen LogP contribution in [0.25, 0.3) is 0 Å². The zero-order valence-corrected chi connectivity index (χ0v) is 12.0. The Morgan fingerprint density at radius 3 is 2.79 bits per heavy atom.